The Labute approximate surface area is 85.8 Å². The summed E-state index contributed by atoms with van der Waals surface area (Å²) in [4.78, 5) is 0. The maximum absolute atomic E-state index is 5.53. The van der Waals surface area contributed by atoms with Gasteiger partial charge in [-0.05, 0) is 18.6 Å². The SMILES string of the molecule is CCSC(C)CNCC1CCCO1. The van der Waals surface area contributed by atoms with Gasteiger partial charge in [0.2, 0.25) is 0 Å². The summed E-state index contributed by atoms with van der Waals surface area (Å²) in [5, 5.41) is 4.19. The molecule has 0 aromatic rings. The molecule has 1 aliphatic heterocycles. The summed E-state index contributed by atoms with van der Waals surface area (Å²) >= 11 is 2.01. The summed E-state index contributed by atoms with van der Waals surface area (Å²) in [7, 11) is 0. The molecule has 2 unspecified atom stereocenters. The first-order valence-electron chi connectivity index (χ1n) is 5.27. The zero-order valence-electron chi connectivity index (χ0n) is 8.71. The van der Waals surface area contributed by atoms with Crippen molar-refractivity contribution in [1.82, 2.24) is 5.32 Å². The predicted molar refractivity (Wildman–Crippen MR) is 59.4 cm³/mol. The fourth-order valence-electron chi connectivity index (χ4n) is 1.60. The third-order valence-electron chi connectivity index (χ3n) is 2.28. The largest absolute Gasteiger partial charge is 0.377 e. The molecule has 1 aliphatic rings. The number of nitrogens with one attached hydrogen (secondary N) is 1. The van der Waals surface area contributed by atoms with Gasteiger partial charge in [-0.2, -0.15) is 11.8 Å². The Morgan fingerprint density at radius 2 is 2.46 bits per heavy atom. The van der Waals surface area contributed by atoms with E-state index in [0.717, 1.165) is 24.9 Å². The zero-order valence-corrected chi connectivity index (χ0v) is 9.53. The van der Waals surface area contributed by atoms with Gasteiger partial charge in [0, 0.05) is 24.9 Å². The highest BCUT2D eigenvalue weighted by Crippen LogP contribution is 2.11. The Bertz CT molecular complexity index is 126. The minimum atomic E-state index is 0.485. The van der Waals surface area contributed by atoms with Crippen molar-refractivity contribution in [2.75, 3.05) is 25.4 Å². The van der Waals surface area contributed by atoms with Crippen LogP contribution in [-0.4, -0.2) is 36.8 Å². The Hall–Kier alpha value is 0.270. The fraction of sp³-hybridized carbons (Fsp3) is 1.00. The standard InChI is InChI=1S/C10H21NOS/c1-3-13-9(2)7-11-8-10-5-4-6-12-10/h9-11H,3-8H2,1-2H3. The molecule has 0 radical (unpaired) electrons. The molecule has 0 bridgehead atoms. The normalized spacial score (nSPS) is 24.9. The van der Waals surface area contributed by atoms with Crippen LogP contribution in [0.15, 0.2) is 0 Å². The van der Waals surface area contributed by atoms with Gasteiger partial charge in [-0.15, -0.1) is 0 Å². The quantitative estimate of drug-likeness (QED) is 0.712. The lowest BCUT2D eigenvalue weighted by molar-refractivity contribution is 0.110. The molecule has 1 N–H and O–H groups in total. The van der Waals surface area contributed by atoms with Crippen LogP contribution in [-0.2, 0) is 4.74 Å². The Morgan fingerprint density at radius 1 is 1.62 bits per heavy atom. The highest BCUT2D eigenvalue weighted by Gasteiger charge is 2.14. The van der Waals surface area contributed by atoms with Crippen molar-refractivity contribution in [3.8, 4) is 0 Å². The van der Waals surface area contributed by atoms with Gasteiger partial charge in [-0.25, -0.2) is 0 Å². The van der Waals surface area contributed by atoms with E-state index in [2.05, 4.69) is 19.2 Å². The first-order valence-corrected chi connectivity index (χ1v) is 6.31. The van der Waals surface area contributed by atoms with E-state index in [9.17, 15) is 0 Å². The van der Waals surface area contributed by atoms with Gasteiger partial charge < -0.3 is 10.1 Å². The lowest BCUT2D eigenvalue weighted by atomic mass is 10.2. The van der Waals surface area contributed by atoms with Crippen LogP contribution < -0.4 is 5.32 Å². The van der Waals surface area contributed by atoms with E-state index >= 15 is 0 Å². The highest BCUT2D eigenvalue weighted by molar-refractivity contribution is 7.99. The molecular weight excluding hydrogens is 182 g/mol. The molecule has 0 aromatic carbocycles. The molecule has 3 heteroatoms. The summed E-state index contributed by atoms with van der Waals surface area (Å²) in [6, 6.07) is 0. The minimum absolute atomic E-state index is 0.485. The number of hydrogen-bond donors (Lipinski definition) is 1. The highest BCUT2D eigenvalue weighted by atomic mass is 32.2. The van der Waals surface area contributed by atoms with Crippen molar-refractivity contribution in [2.24, 2.45) is 0 Å². The van der Waals surface area contributed by atoms with E-state index in [1.54, 1.807) is 0 Å². The van der Waals surface area contributed by atoms with E-state index in [0.29, 0.717) is 6.10 Å². The number of rotatable bonds is 6. The number of ether oxygens (including phenoxy) is 1. The average molecular weight is 203 g/mol. The van der Waals surface area contributed by atoms with Crippen molar-refractivity contribution in [3.05, 3.63) is 0 Å². The molecule has 1 fully saturated rings. The summed E-state index contributed by atoms with van der Waals surface area (Å²) in [6.45, 7) is 7.59. The van der Waals surface area contributed by atoms with Gasteiger partial charge in [0.15, 0.2) is 0 Å². The van der Waals surface area contributed by atoms with Crippen LogP contribution in [0.4, 0.5) is 0 Å². The summed E-state index contributed by atoms with van der Waals surface area (Å²) < 4.78 is 5.53. The predicted octanol–water partition coefficient (Wildman–Crippen LogP) is 1.90. The molecule has 2 atom stereocenters. The van der Waals surface area contributed by atoms with Gasteiger partial charge in [-0.3, -0.25) is 0 Å². The molecule has 0 amide bonds. The second-order valence-corrected chi connectivity index (χ2v) is 5.27. The van der Waals surface area contributed by atoms with E-state index in [-0.39, 0.29) is 0 Å². The van der Waals surface area contributed by atoms with Crippen LogP contribution in [0.1, 0.15) is 26.7 Å². The van der Waals surface area contributed by atoms with Crippen LogP contribution >= 0.6 is 11.8 Å². The number of thioether (sulfide) groups is 1. The summed E-state index contributed by atoms with van der Waals surface area (Å²) in [5.74, 6) is 1.21. The molecule has 78 valence electrons. The van der Waals surface area contributed by atoms with Crippen LogP contribution in [0.25, 0.3) is 0 Å². The Morgan fingerprint density at radius 3 is 3.08 bits per heavy atom. The smallest absolute Gasteiger partial charge is 0.0700 e. The van der Waals surface area contributed by atoms with Crippen molar-refractivity contribution in [1.29, 1.82) is 0 Å². The third-order valence-corrected chi connectivity index (χ3v) is 3.35. The minimum Gasteiger partial charge on any atom is -0.377 e. The van der Waals surface area contributed by atoms with Crippen molar-refractivity contribution < 1.29 is 4.74 Å². The van der Waals surface area contributed by atoms with Gasteiger partial charge in [-0.1, -0.05) is 13.8 Å². The maximum Gasteiger partial charge on any atom is 0.0700 e. The van der Waals surface area contributed by atoms with Crippen molar-refractivity contribution in [2.45, 2.75) is 38.0 Å². The molecule has 13 heavy (non-hydrogen) atoms. The Kier molecular flexibility index (Phi) is 5.83. The lowest BCUT2D eigenvalue weighted by Gasteiger charge is -2.14. The molecule has 0 aliphatic carbocycles. The Balaban J connectivity index is 1.93. The van der Waals surface area contributed by atoms with Gasteiger partial charge in [0.1, 0.15) is 0 Å². The second-order valence-electron chi connectivity index (χ2n) is 3.56. The van der Waals surface area contributed by atoms with E-state index in [1.165, 1.54) is 18.6 Å². The van der Waals surface area contributed by atoms with Crippen LogP contribution in [0.5, 0.6) is 0 Å². The third kappa shape index (κ3) is 4.89. The molecular formula is C10H21NOS. The summed E-state index contributed by atoms with van der Waals surface area (Å²) in [5.41, 5.74) is 0. The van der Waals surface area contributed by atoms with E-state index in [4.69, 9.17) is 4.74 Å². The monoisotopic (exact) mass is 203 g/mol. The van der Waals surface area contributed by atoms with Gasteiger partial charge in [0.05, 0.1) is 6.10 Å². The van der Waals surface area contributed by atoms with Crippen LogP contribution in [0, 0.1) is 0 Å². The molecule has 1 heterocycles. The van der Waals surface area contributed by atoms with Gasteiger partial charge >= 0.3 is 0 Å². The first-order chi connectivity index (χ1) is 6.33. The van der Waals surface area contributed by atoms with E-state index in [1.807, 2.05) is 11.8 Å². The fourth-order valence-corrected chi connectivity index (χ4v) is 2.40. The summed E-state index contributed by atoms with van der Waals surface area (Å²) in [6.07, 6.45) is 2.97. The zero-order chi connectivity index (χ0) is 9.52. The number of hydrogen-bond acceptors (Lipinski definition) is 3. The topological polar surface area (TPSA) is 21.3 Å². The molecule has 0 spiro atoms. The van der Waals surface area contributed by atoms with Crippen molar-refractivity contribution >= 4 is 11.8 Å². The molecule has 1 saturated heterocycles. The van der Waals surface area contributed by atoms with Crippen LogP contribution in [0.3, 0.4) is 0 Å². The lowest BCUT2D eigenvalue weighted by Crippen LogP contribution is -2.30. The van der Waals surface area contributed by atoms with Crippen molar-refractivity contribution in [3.63, 3.8) is 0 Å². The van der Waals surface area contributed by atoms with Crippen LogP contribution in [0.2, 0.25) is 0 Å². The molecule has 0 aromatic heterocycles. The van der Waals surface area contributed by atoms with Gasteiger partial charge in [0.25, 0.3) is 0 Å². The molecule has 0 saturated carbocycles. The molecule has 2 nitrogen and oxygen atoms in total. The van der Waals surface area contributed by atoms with E-state index < -0.39 is 0 Å². The first kappa shape index (κ1) is 11.3. The maximum atomic E-state index is 5.53. The molecule has 1 rings (SSSR count). The average Bonchev–Trinajstić information content (AvgIpc) is 2.57. The second kappa shape index (κ2) is 6.68.